The monoisotopic (exact) mass is 230 g/mol. The Labute approximate surface area is 99.5 Å². The second-order valence-corrected chi connectivity index (χ2v) is 3.92. The van der Waals surface area contributed by atoms with Crippen molar-refractivity contribution in [3.8, 4) is 0 Å². The molecule has 0 saturated heterocycles. The first-order valence-electron chi connectivity index (χ1n) is 5.44. The molecule has 0 aliphatic heterocycles. The molecule has 5 heteroatoms. The number of hydrogen-bond acceptors (Lipinski definition) is 3. The molecule has 0 aliphatic carbocycles. The molecule has 0 atom stereocenters. The van der Waals surface area contributed by atoms with E-state index >= 15 is 0 Å². The van der Waals surface area contributed by atoms with Gasteiger partial charge in [0, 0.05) is 18.3 Å². The largest absolute Gasteiger partial charge is 0.305 e. The summed E-state index contributed by atoms with van der Waals surface area (Å²) in [6.45, 7) is 4.01. The van der Waals surface area contributed by atoms with Crippen LogP contribution in [0.2, 0.25) is 0 Å². The molecule has 5 nitrogen and oxygen atoms in total. The van der Waals surface area contributed by atoms with Gasteiger partial charge in [0.1, 0.15) is 11.5 Å². The smallest absolute Gasteiger partial charge is 0.275 e. The molecule has 2 aromatic heterocycles. The van der Waals surface area contributed by atoms with Gasteiger partial charge in [0.25, 0.3) is 5.91 Å². The number of amides is 1. The van der Waals surface area contributed by atoms with Crippen LogP contribution in [0.5, 0.6) is 0 Å². The number of anilines is 1. The van der Waals surface area contributed by atoms with Gasteiger partial charge in [-0.25, -0.2) is 4.68 Å². The molecular weight excluding hydrogens is 216 g/mol. The molecular formula is C12H14N4O. The second kappa shape index (κ2) is 4.78. The van der Waals surface area contributed by atoms with Gasteiger partial charge in [0.15, 0.2) is 0 Å². The van der Waals surface area contributed by atoms with Crippen LogP contribution in [0.3, 0.4) is 0 Å². The van der Waals surface area contributed by atoms with Crippen LogP contribution in [-0.2, 0) is 0 Å². The van der Waals surface area contributed by atoms with E-state index in [4.69, 9.17) is 0 Å². The number of pyridine rings is 1. The lowest BCUT2D eigenvalue weighted by Crippen LogP contribution is -2.17. The molecule has 0 bridgehead atoms. The first-order valence-corrected chi connectivity index (χ1v) is 5.44. The Morgan fingerprint density at radius 1 is 1.29 bits per heavy atom. The Hall–Kier alpha value is -2.17. The van der Waals surface area contributed by atoms with E-state index < -0.39 is 0 Å². The topological polar surface area (TPSA) is 59.8 Å². The van der Waals surface area contributed by atoms with Crippen LogP contribution in [0.15, 0.2) is 36.7 Å². The zero-order chi connectivity index (χ0) is 12.3. The highest BCUT2D eigenvalue weighted by Crippen LogP contribution is 2.13. The molecule has 2 heterocycles. The third-order valence-corrected chi connectivity index (χ3v) is 2.30. The van der Waals surface area contributed by atoms with Gasteiger partial charge in [-0.05, 0) is 26.0 Å². The highest BCUT2D eigenvalue weighted by atomic mass is 16.2. The van der Waals surface area contributed by atoms with Crippen LogP contribution < -0.4 is 5.32 Å². The Morgan fingerprint density at radius 2 is 2.12 bits per heavy atom. The predicted octanol–water partition coefficient (Wildman–Crippen LogP) is 2.11. The van der Waals surface area contributed by atoms with Crippen molar-refractivity contribution >= 4 is 11.7 Å². The van der Waals surface area contributed by atoms with E-state index in [2.05, 4.69) is 15.4 Å². The molecule has 2 aromatic rings. The van der Waals surface area contributed by atoms with Gasteiger partial charge in [-0.2, -0.15) is 5.10 Å². The summed E-state index contributed by atoms with van der Waals surface area (Å²) in [6.07, 6.45) is 3.25. The summed E-state index contributed by atoms with van der Waals surface area (Å²) in [5.74, 6) is 0.448. The number of nitrogens with one attached hydrogen (secondary N) is 1. The third kappa shape index (κ3) is 2.50. The maximum atomic E-state index is 11.9. The fourth-order valence-electron chi connectivity index (χ4n) is 1.50. The average molecular weight is 230 g/mol. The number of rotatable bonds is 3. The first-order chi connectivity index (χ1) is 8.18. The van der Waals surface area contributed by atoms with Gasteiger partial charge in [-0.3, -0.25) is 9.78 Å². The van der Waals surface area contributed by atoms with Crippen molar-refractivity contribution in [1.82, 2.24) is 14.8 Å². The molecule has 0 unspecified atom stereocenters. The van der Waals surface area contributed by atoms with Gasteiger partial charge >= 0.3 is 0 Å². The molecule has 88 valence electrons. The maximum Gasteiger partial charge on any atom is 0.275 e. The van der Waals surface area contributed by atoms with E-state index in [9.17, 15) is 4.79 Å². The van der Waals surface area contributed by atoms with E-state index in [1.165, 1.54) is 0 Å². The van der Waals surface area contributed by atoms with E-state index in [0.29, 0.717) is 11.5 Å². The molecule has 17 heavy (non-hydrogen) atoms. The lowest BCUT2D eigenvalue weighted by molar-refractivity contribution is 0.102. The highest BCUT2D eigenvalue weighted by Gasteiger charge is 2.11. The van der Waals surface area contributed by atoms with Crippen LogP contribution in [-0.4, -0.2) is 20.7 Å². The lowest BCUT2D eigenvalue weighted by Gasteiger charge is -2.11. The zero-order valence-corrected chi connectivity index (χ0v) is 9.79. The zero-order valence-electron chi connectivity index (χ0n) is 9.79. The Kier molecular flexibility index (Phi) is 3.18. The molecule has 2 rings (SSSR count). The lowest BCUT2D eigenvalue weighted by atomic mass is 10.3. The van der Waals surface area contributed by atoms with Crippen molar-refractivity contribution in [3.63, 3.8) is 0 Å². The summed E-state index contributed by atoms with van der Waals surface area (Å²) in [5.41, 5.74) is 0.393. The van der Waals surface area contributed by atoms with Gasteiger partial charge in [0.05, 0.1) is 6.20 Å². The van der Waals surface area contributed by atoms with E-state index in [1.807, 2.05) is 13.8 Å². The van der Waals surface area contributed by atoms with Crippen molar-refractivity contribution < 1.29 is 4.79 Å². The Bertz CT molecular complexity index is 504. The molecule has 0 aromatic carbocycles. The molecule has 0 fully saturated rings. The average Bonchev–Trinajstić information content (AvgIpc) is 2.78. The van der Waals surface area contributed by atoms with Crippen molar-refractivity contribution in [2.75, 3.05) is 5.32 Å². The Balaban J connectivity index is 2.16. The summed E-state index contributed by atoms with van der Waals surface area (Å²) in [4.78, 5) is 15.9. The van der Waals surface area contributed by atoms with Crippen molar-refractivity contribution in [2.45, 2.75) is 19.9 Å². The van der Waals surface area contributed by atoms with Crippen LogP contribution in [0.1, 0.15) is 30.4 Å². The fourth-order valence-corrected chi connectivity index (χ4v) is 1.50. The molecule has 0 radical (unpaired) electrons. The third-order valence-electron chi connectivity index (χ3n) is 2.30. The van der Waals surface area contributed by atoms with Crippen molar-refractivity contribution in [1.29, 1.82) is 0 Å². The van der Waals surface area contributed by atoms with Gasteiger partial charge < -0.3 is 5.32 Å². The SMILES string of the molecule is CC(C)n1nccc1NC(=O)c1ccccn1. The summed E-state index contributed by atoms with van der Waals surface area (Å²) in [5, 5.41) is 6.93. The van der Waals surface area contributed by atoms with Gasteiger partial charge in [-0.1, -0.05) is 6.07 Å². The number of aromatic nitrogens is 3. The van der Waals surface area contributed by atoms with Crippen LogP contribution >= 0.6 is 0 Å². The molecule has 0 aliphatic rings. The summed E-state index contributed by atoms with van der Waals surface area (Å²) in [7, 11) is 0. The highest BCUT2D eigenvalue weighted by molar-refractivity contribution is 6.02. The number of carbonyl (C=O) groups is 1. The summed E-state index contributed by atoms with van der Waals surface area (Å²) in [6, 6.07) is 7.19. The number of hydrogen-bond donors (Lipinski definition) is 1. The number of nitrogens with zero attached hydrogens (tertiary/aromatic N) is 3. The second-order valence-electron chi connectivity index (χ2n) is 3.92. The van der Waals surface area contributed by atoms with E-state index in [-0.39, 0.29) is 11.9 Å². The minimum absolute atomic E-state index is 0.198. The van der Waals surface area contributed by atoms with Crippen LogP contribution in [0, 0.1) is 0 Å². The maximum absolute atomic E-state index is 11.9. The normalized spacial score (nSPS) is 10.5. The van der Waals surface area contributed by atoms with Crippen LogP contribution in [0.4, 0.5) is 5.82 Å². The fraction of sp³-hybridized carbons (Fsp3) is 0.250. The minimum atomic E-state index is -0.229. The Morgan fingerprint density at radius 3 is 2.76 bits per heavy atom. The number of carbonyl (C=O) groups excluding carboxylic acids is 1. The van der Waals surface area contributed by atoms with Crippen molar-refractivity contribution in [3.05, 3.63) is 42.4 Å². The van der Waals surface area contributed by atoms with Gasteiger partial charge in [-0.15, -0.1) is 0 Å². The van der Waals surface area contributed by atoms with Gasteiger partial charge in [0.2, 0.25) is 0 Å². The van der Waals surface area contributed by atoms with E-state index in [0.717, 1.165) is 0 Å². The predicted molar refractivity (Wildman–Crippen MR) is 64.8 cm³/mol. The van der Waals surface area contributed by atoms with E-state index in [1.54, 1.807) is 41.3 Å². The van der Waals surface area contributed by atoms with Crippen LogP contribution in [0.25, 0.3) is 0 Å². The summed E-state index contributed by atoms with van der Waals surface area (Å²) < 4.78 is 1.75. The molecule has 0 saturated carbocycles. The standard InChI is InChI=1S/C12H14N4O/c1-9(2)16-11(6-8-14-16)15-12(17)10-5-3-4-7-13-10/h3-9H,1-2H3,(H,15,17). The minimum Gasteiger partial charge on any atom is -0.305 e. The molecule has 0 spiro atoms. The molecule has 1 N–H and O–H groups in total. The van der Waals surface area contributed by atoms with Crippen molar-refractivity contribution in [2.24, 2.45) is 0 Å². The summed E-state index contributed by atoms with van der Waals surface area (Å²) >= 11 is 0. The first kappa shape index (κ1) is 11.3. The quantitative estimate of drug-likeness (QED) is 0.878. The molecule has 1 amide bonds.